The van der Waals surface area contributed by atoms with E-state index in [1.54, 1.807) is 30.4 Å². The highest BCUT2D eigenvalue weighted by atomic mass is 32.2. The van der Waals surface area contributed by atoms with Gasteiger partial charge in [0.1, 0.15) is 0 Å². The van der Waals surface area contributed by atoms with Crippen LogP contribution in [-0.4, -0.2) is 71.4 Å². The summed E-state index contributed by atoms with van der Waals surface area (Å²) in [5, 5.41) is 0. The molecule has 0 fully saturated rings. The van der Waals surface area contributed by atoms with Crippen molar-refractivity contribution in [1.82, 2.24) is 19.5 Å². The van der Waals surface area contributed by atoms with Crippen molar-refractivity contribution in [1.29, 1.82) is 0 Å². The van der Waals surface area contributed by atoms with Crippen LogP contribution in [0.25, 0.3) is 73.8 Å². The summed E-state index contributed by atoms with van der Waals surface area (Å²) < 4.78 is 139. The lowest BCUT2D eigenvalue weighted by Gasteiger charge is -2.13. The third-order valence-electron chi connectivity index (χ3n) is 11.2. The quantitative estimate of drug-likeness (QED) is 0.0766. The predicted molar refractivity (Wildman–Crippen MR) is 256 cm³/mol. The second-order valence-electron chi connectivity index (χ2n) is 15.3. The van der Waals surface area contributed by atoms with Crippen molar-refractivity contribution in [3.8, 4) is 27.9 Å². The number of nitrogens with one attached hydrogen (secondary N) is 1. The summed E-state index contributed by atoms with van der Waals surface area (Å²) in [6, 6.07) is 23.1. The normalized spacial score (nSPS) is 13.1. The molecular formula is C44H34N8O12S4. The Morgan fingerprint density at radius 2 is 0.794 bits per heavy atom. The molecular weight excluding hydrogens is 961 g/mol. The van der Waals surface area contributed by atoms with Crippen LogP contribution in [0.4, 0.5) is 22.7 Å². The van der Waals surface area contributed by atoms with Crippen molar-refractivity contribution in [2.45, 2.75) is 19.6 Å². The summed E-state index contributed by atoms with van der Waals surface area (Å²) in [6.45, 7) is 0. The van der Waals surface area contributed by atoms with E-state index in [0.29, 0.717) is 16.6 Å². The number of aromatic nitrogens is 4. The Labute approximate surface area is 386 Å². The second kappa shape index (κ2) is 16.0. The van der Waals surface area contributed by atoms with Gasteiger partial charge in [-0.2, -0.15) is 33.7 Å². The van der Waals surface area contributed by atoms with Crippen LogP contribution in [0.1, 0.15) is 28.3 Å². The molecule has 13 N–H and O–H groups in total. The van der Waals surface area contributed by atoms with Gasteiger partial charge < -0.3 is 32.5 Å². The van der Waals surface area contributed by atoms with Gasteiger partial charge in [-0.1, -0.05) is 36.4 Å². The number of fused-ring (bicyclic) bond motifs is 8. The van der Waals surface area contributed by atoms with E-state index in [1.807, 2.05) is 0 Å². The minimum Gasteiger partial charge on any atom is -0.395 e. The molecule has 5 heterocycles. The molecule has 3 aromatic heterocycles. The standard InChI is InChI=1S/C44H34N8O12S4/c45-38-31-17-18-33(49-31)39(46)35-21-30(22-1-9-26(10-2-22)65(53,54)55)42(51-35)41(48)44-37(24-5-13-28(14-6-24)67(59,60)61)36(23-3-11-27(12-4-23)66(56,57)58)43(40(47)34-20-19-32(38)50-34)52(44)25-7-15-29(16-8-25)68(62,63)64/h1-21,49H,45-48H2,(H,53,54,55)(H,56,57,58)(H,59,60,61)(H,62,63,64). The van der Waals surface area contributed by atoms with Crippen molar-refractivity contribution >= 4 is 109 Å². The van der Waals surface area contributed by atoms with Gasteiger partial charge in [-0.25, -0.2) is 9.97 Å². The number of aromatic amines is 1. The molecule has 24 heteroatoms. The monoisotopic (exact) mass is 994 g/mol. The lowest BCUT2D eigenvalue weighted by molar-refractivity contribution is 0.481. The Kier molecular flexibility index (Phi) is 10.7. The highest BCUT2D eigenvalue weighted by molar-refractivity contribution is 7.86. The van der Waals surface area contributed by atoms with Crippen molar-refractivity contribution in [2.75, 3.05) is 22.9 Å². The van der Waals surface area contributed by atoms with E-state index < -0.39 is 60.1 Å². The first-order valence-corrected chi connectivity index (χ1v) is 25.3. The average molecular weight is 995 g/mol. The molecule has 8 bridgehead atoms. The van der Waals surface area contributed by atoms with E-state index in [-0.39, 0.29) is 90.1 Å². The molecule has 0 unspecified atom stereocenters. The Balaban J connectivity index is 1.58. The minimum atomic E-state index is -4.75. The number of nitrogen functional groups attached to an aromatic ring is 4. The largest absolute Gasteiger partial charge is 0.395 e. The maximum atomic E-state index is 12.3. The molecule has 68 heavy (non-hydrogen) atoms. The van der Waals surface area contributed by atoms with Crippen LogP contribution in [0.15, 0.2) is 129 Å². The molecule has 0 aliphatic carbocycles. The zero-order valence-corrected chi connectivity index (χ0v) is 37.7. The Morgan fingerprint density at radius 3 is 1.22 bits per heavy atom. The Hall–Kier alpha value is -7.68. The van der Waals surface area contributed by atoms with E-state index in [0.717, 1.165) is 48.5 Å². The molecule has 2 aliphatic rings. The highest BCUT2D eigenvalue weighted by Gasteiger charge is 2.29. The van der Waals surface area contributed by atoms with E-state index >= 15 is 0 Å². The van der Waals surface area contributed by atoms with E-state index in [4.69, 9.17) is 32.9 Å². The molecule has 20 nitrogen and oxygen atoms in total. The Bertz CT molecular complexity index is 4020. The van der Waals surface area contributed by atoms with Crippen LogP contribution in [0.5, 0.6) is 0 Å². The van der Waals surface area contributed by atoms with Gasteiger partial charge >= 0.3 is 0 Å². The van der Waals surface area contributed by atoms with Crippen LogP contribution in [0, 0.1) is 0 Å². The molecule has 0 spiro atoms. The van der Waals surface area contributed by atoms with Crippen LogP contribution >= 0.6 is 0 Å². The number of nitrogens with zero attached hydrogens (tertiary/aromatic N) is 3. The van der Waals surface area contributed by atoms with E-state index in [9.17, 15) is 51.9 Å². The van der Waals surface area contributed by atoms with Gasteiger partial charge in [0, 0.05) is 22.4 Å². The smallest absolute Gasteiger partial charge is 0.294 e. The first-order valence-electron chi connectivity index (χ1n) is 19.5. The molecule has 0 amide bonds. The fourth-order valence-corrected chi connectivity index (χ4v) is 9.85. The summed E-state index contributed by atoms with van der Waals surface area (Å²) in [5.41, 5.74) is 31.0. The number of hydrogen-bond donors (Lipinski definition) is 9. The number of H-pyrrole nitrogens is 1. The van der Waals surface area contributed by atoms with Crippen molar-refractivity contribution < 1.29 is 51.9 Å². The lowest BCUT2D eigenvalue weighted by Crippen LogP contribution is -2.04. The summed E-state index contributed by atoms with van der Waals surface area (Å²) in [7, 11) is -18.9. The van der Waals surface area contributed by atoms with Crippen molar-refractivity contribution in [3.05, 3.63) is 138 Å². The van der Waals surface area contributed by atoms with Crippen LogP contribution in [-0.2, 0) is 40.5 Å². The van der Waals surface area contributed by atoms with Gasteiger partial charge in [0.25, 0.3) is 40.5 Å². The number of benzene rings is 4. The van der Waals surface area contributed by atoms with Crippen LogP contribution in [0.3, 0.4) is 0 Å². The first-order chi connectivity index (χ1) is 31.9. The summed E-state index contributed by atoms with van der Waals surface area (Å²) in [5.74, 6) is 0. The van der Waals surface area contributed by atoms with E-state index in [2.05, 4.69) is 4.98 Å². The maximum Gasteiger partial charge on any atom is 0.294 e. The minimum absolute atomic E-state index is 0.00346. The number of nitrogens with two attached hydrogens (primary N) is 4. The van der Waals surface area contributed by atoms with E-state index in [1.165, 1.54) is 53.1 Å². The topological polar surface area (TPSA) is 368 Å². The third-order valence-corrected chi connectivity index (χ3v) is 14.6. The molecule has 0 saturated carbocycles. The third kappa shape index (κ3) is 8.05. The van der Waals surface area contributed by atoms with Gasteiger partial charge in [0.15, 0.2) is 0 Å². The zero-order chi connectivity index (χ0) is 48.8. The van der Waals surface area contributed by atoms with Gasteiger partial charge in [0.2, 0.25) is 0 Å². The lowest BCUT2D eigenvalue weighted by atomic mass is 9.94. The summed E-state index contributed by atoms with van der Waals surface area (Å²) in [6.07, 6.45) is 4.73. The van der Waals surface area contributed by atoms with Crippen LogP contribution in [0.2, 0.25) is 0 Å². The fourth-order valence-electron chi connectivity index (χ4n) is 7.93. The molecule has 346 valence electrons. The Morgan fingerprint density at radius 1 is 0.426 bits per heavy atom. The number of rotatable bonds is 8. The molecule has 7 aromatic rings. The molecule has 0 atom stereocenters. The fraction of sp³-hybridized carbons (Fsp3) is 0. The molecule has 2 aliphatic heterocycles. The predicted octanol–water partition coefficient (Wildman–Crippen LogP) is 6.19. The summed E-state index contributed by atoms with van der Waals surface area (Å²) in [4.78, 5) is 11.0. The first kappa shape index (κ1) is 45.5. The number of anilines is 4. The van der Waals surface area contributed by atoms with Crippen molar-refractivity contribution in [2.24, 2.45) is 0 Å². The molecule has 9 rings (SSSR count). The van der Waals surface area contributed by atoms with Crippen LogP contribution < -0.4 is 22.9 Å². The van der Waals surface area contributed by atoms with Gasteiger partial charge in [-0.3, -0.25) is 18.2 Å². The van der Waals surface area contributed by atoms with Gasteiger partial charge in [-0.15, -0.1) is 0 Å². The SMILES string of the molecule is Nc1c2nc(c(N)c3c(-c4ccc(S(=O)(=O)O)cc4)c(-c4ccc(S(=O)(=O)O)cc4)c(c(N)c4nc(c(N)c5ccc1[nH]5)C=C4c1ccc(S(=O)(=O)O)cc1)n3-c1ccc(S(=O)(=O)O)cc1)C=C2. The van der Waals surface area contributed by atoms with Crippen molar-refractivity contribution in [3.63, 3.8) is 0 Å². The molecule has 4 aromatic carbocycles. The molecule has 0 saturated heterocycles. The zero-order valence-electron chi connectivity index (χ0n) is 34.5. The summed E-state index contributed by atoms with van der Waals surface area (Å²) >= 11 is 0. The molecule has 0 radical (unpaired) electrons. The number of hydrogen-bond acceptors (Lipinski definition) is 14. The van der Waals surface area contributed by atoms with Gasteiger partial charge in [-0.05, 0) is 108 Å². The average Bonchev–Trinajstić information content (AvgIpc) is 4.12. The maximum absolute atomic E-state index is 12.3. The highest BCUT2D eigenvalue weighted by Crippen LogP contribution is 2.49. The van der Waals surface area contributed by atoms with Gasteiger partial charge in [0.05, 0.1) is 87.2 Å². The second-order valence-corrected chi connectivity index (χ2v) is 21.0.